The second kappa shape index (κ2) is 27.8. The second-order valence-electron chi connectivity index (χ2n) is 2.93. The molecule has 0 bridgehead atoms. The standard InChI is InChI=1S/C7H7.4BH3O3.Na/c1-7-5-3-2-4-6-7;4*2-1(3)4;/h2-5H,1H3;4*2-4H;/q-1;;;;;+1. The molecule has 0 aliphatic rings. The zero-order valence-electron chi connectivity index (χ0n) is 13.0. The Balaban J connectivity index is -0.0000000641. The van der Waals surface area contributed by atoms with Gasteiger partial charge in [0.2, 0.25) is 0 Å². The van der Waals surface area contributed by atoms with Crippen LogP contribution in [0.1, 0.15) is 5.56 Å². The van der Waals surface area contributed by atoms with Crippen molar-refractivity contribution in [2.75, 3.05) is 0 Å². The molecule has 24 heavy (non-hydrogen) atoms. The fraction of sp³-hybridized carbons (Fsp3) is 0.143. The summed E-state index contributed by atoms with van der Waals surface area (Å²) in [6.45, 7) is 2.03. The van der Waals surface area contributed by atoms with E-state index < -0.39 is 29.3 Å². The molecule has 0 saturated carbocycles. The maximum Gasteiger partial charge on any atom is 1.00 e. The summed E-state index contributed by atoms with van der Waals surface area (Å²) in [6, 6.07) is 10.9. The molecule has 132 valence electrons. The van der Waals surface area contributed by atoms with Gasteiger partial charge < -0.3 is 60.3 Å². The van der Waals surface area contributed by atoms with Crippen LogP contribution in [-0.4, -0.2) is 89.6 Å². The van der Waals surface area contributed by atoms with Crippen molar-refractivity contribution in [3.05, 3.63) is 35.9 Å². The van der Waals surface area contributed by atoms with Crippen molar-refractivity contribution in [1.82, 2.24) is 0 Å². The van der Waals surface area contributed by atoms with Crippen molar-refractivity contribution in [3.63, 3.8) is 0 Å². The van der Waals surface area contributed by atoms with Gasteiger partial charge in [0.1, 0.15) is 0 Å². The van der Waals surface area contributed by atoms with Gasteiger partial charge in [-0.1, -0.05) is 6.92 Å². The van der Waals surface area contributed by atoms with E-state index in [2.05, 4.69) is 6.07 Å². The summed E-state index contributed by atoms with van der Waals surface area (Å²) in [5.74, 6) is 0. The van der Waals surface area contributed by atoms with Crippen LogP contribution in [0.4, 0.5) is 0 Å². The van der Waals surface area contributed by atoms with Gasteiger partial charge in [0.05, 0.1) is 0 Å². The van der Waals surface area contributed by atoms with Gasteiger partial charge in [-0.15, -0.1) is 0 Å². The van der Waals surface area contributed by atoms with Crippen molar-refractivity contribution < 1.29 is 89.8 Å². The van der Waals surface area contributed by atoms with Gasteiger partial charge in [-0.25, -0.2) is 0 Å². The van der Waals surface area contributed by atoms with Gasteiger partial charge >= 0.3 is 58.8 Å². The van der Waals surface area contributed by atoms with E-state index in [0.717, 1.165) is 0 Å². The van der Waals surface area contributed by atoms with Crippen molar-refractivity contribution in [1.29, 1.82) is 0 Å². The van der Waals surface area contributed by atoms with Crippen LogP contribution in [0.3, 0.4) is 0 Å². The first-order valence-electron chi connectivity index (χ1n) is 5.43. The molecule has 0 saturated heterocycles. The molecule has 0 atom stereocenters. The maximum absolute atomic E-state index is 7.17. The molecule has 0 spiro atoms. The van der Waals surface area contributed by atoms with E-state index in [1.807, 2.05) is 31.2 Å². The number of hydrogen-bond acceptors (Lipinski definition) is 12. The van der Waals surface area contributed by atoms with Crippen LogP contribution < -0.4 is 29.6 Å². The summed E-state index contributed by atoms with van der Waals surface area (Å²) in [5.41, 5.74) is 1.20. The van der Waals surface area contributed by atoms with Crippen LogP contribution in [0.2, 0.25) is 0 Å². The normalized spacial score (nSPS) is 7.04. The van der Waals surface area contributed by atoms with Crippen LogP contribution in [0.15, 0.2) is 24.3 Å². The van der Waals surface area contributed by atoms with Crippen molar-refractivity contribution in [3.8, 4) is 0 Å². The van der Waals surface area contributed by atoms with Gasteiger partial charge in [-0.3, -0.25) is 0 Å². The van der Waals surface area contributed by atoms with Gasteiger partial charge in [0, 0.05) is 0 Å². The summed E-state index contributed by atoms with van der Waals surface area (Å²) in [7, 11) is -8.67. The molecule has 0 fully saturated rings. The third-order valence-electron chi connectivity index (χ3n) is 0.865. The molecule has 0 aromatic heterocycles. The first-order valence-corrected chi connectivity index (χ1v) is 5.43. The van der Waals surface area contributed by atoms with E-state index in [1.54, 1.807) is 0 Å². The molecule has 0 heterocycles. The third kappa shape index (κ3) is 152. The SMILES string of the molecule is Cc1[c-]cccc1.OB(O)O.OB(O)O.OB(O)O.OB(O)O.[Na+]. The van der Waals surface area contributed by atoms with Gasteiger partial charge in [-0.2, -0.15) is 35.9 Å². The average Bonchev–Trinajstić information content (AvgIpc) is 2.26. The smallest absolute Gasteiger partial charge is 0.402 e. The molecule has 17 heteroatoms. The predicted octanol–water partition coefficient (Wildman–Crippen LogP) is -9.41. The van der Waals surface area contributed by atoms with Crippen LogP contribution >= 0.6 is 0 Å². The largest absolute Gasteiger partial charge is 1.00 e. The quantitative estimate of drug-likeness (QED) is 0.152. The molecule has 0 aliphatic carbocycles. The number of benzene rings is 1. The zero-order chi connectivity index (χ0) is 19.4. The Morgan fingerprint density at radius 1 is 0.625 bits per heavy atom. The molecule has 1 aromatic carbocycles. The van der Waals surface area contributed by atoms with E-state index in [1.165, 1.54) is 5.56 Å². The molecule has 0 unspecified atom stereocenters. The van der Waals surface area contributed by atoms with Crippen LogP contribution in [0.25, 0.3) is 0 Å². The van der Waals surface area contributed by atoms with E-state index in [-0.39, 0.29) is 29.6 Å². The Labute approximate surface area is 161 Å². The van der Waals surface area contributed by atoms with E-state index in [0.29, 0.717) is 0 Å². The summed E-state index contributed by atoms with van der Waals surface area (Å²) in [6.07, 6.45) is 0. The molecule has 1 aromatic rings. The minimum atomic E-state index is -2.17. The van der Waals surface area contributed by atoms with Crippen LogP contribution in [0, 0.1) is 13.0 Å². The number of rotatable bonds is 0. The van der Waals surface area contributed by atoms with Crippen LogP contribution in [0.5, 0.6) is 0 Å². The zero-order valence-corrected chi connectivity index (χ0v) is 15.0. The Hall–Kier alpha value is -0.000260. The Kier molecular flexibility index (Phi) is 40.8. The van der Waals surface area contributed by atoms with E-state index in [9.17, 15) is 0 Å². The summed E-state index contributed by atoms with van der Waals surface area (Å²) in [4.78, 5) is 0. The summed E-state index contributed by atoms with van der Waals surface area (Å²) < 4.78 is 0. The molecule has 1 rings (SSSR count). The molecule has 12 nitrogen and oxygen atoms in total. The van der Waals surface area contributed by atoms with Crippen LogP contribution in [-0.2, 0) is 0 Å². The first-order chi connectivity index (χ1) is 10.3. The molecular formula is C7H19B4NaO12. The molecule has 0 amide bonds. The monoisotopic (exact) mass is 362 g/mol. The summed E-state index contributed by atoms with van der Waals surface area (Å²) >= 11 is 0. The fourth-order valence-electron chi connectivity index (χ4n) is 0.483. The van der Waals surface area contributed by atoms with Crippen molar-refractivity contribution in [2.45, 2.75) is 6.92 Å². The molecular weight excluding hydrogens is 342 g/mol. The number of aryl methyl sites for hydroxylation is 1. The predicted molar refractivity (Wildman–Crippen MR) is 79.7 cm³/mol. The topological polar surface area (TPSA) is 243 Å². The van der Waals surface area contributed by atoms with Crippen molar-refractivity contribution in [2.24, 2.45) is 0 Å². The van der Waals surface area contributed by atoms with Gasteiger partial charge in [0.15, 0.2) is 0 Å². The molecule has 0 aliphatic heterocycles. The minimum absolute atomic E-state index is 0. The second-order valence-corrected chi connectivity index (χ2v) is 2.93. The Bertz CT molecular complexity index is 272. The third-order valence-corrected chi connectivity index (χ3v) is 0.865. The summed E-state index contributed by atoms with van der Waals surface area (Å²) in [5, 5.41) is 86.0. The van der Waals surface area contributed by atoms with Gasteiger partial charge in [0.25, 0.3) is 0 Å². The van der Waals surface area contributed by atoms with Crippen molar-refractivity contribution >= 4 is 29.3 Å². The first kappa shape index (κ1) is 35.2. The Morgan fingerprint density at radius 3 is 0.958 bits per heavy atom. The van der Waals surface area contributed by atoms with E-state index in [4.69, 9.17) is 60.3 Å². The van der Waals surface area contributed by atoms with Gasteiger partial charge in [-0.05, 0) is 0 Å². The minimum Gasteiger partial charge on any atom is -0.402 e. The maximum atomic E-state index is 7.17. The fourth-order valence-corrected chi connectivity index (χ4v) is 0.483. The number of hydrogen-bond donors (Lipinski definition) is 12. The molecule has 0 radical (unpaired) electrons. The molecule has 12 N–H and O–H groups in total. The average molecular weight is 361 g/mol. The van der Waals surface area contributed by atoms with E-state index >= 15 is 0 Å². The Morgan fingerprint density at radius 2 is 0.875 bits per heavy atom.